The topological polar surface area (TPSA) is 12.0 Å². The molecular weight excluding hydrogens is 464 g/mol. The van der Waals surface area contributed by atoms with Gasteiger partial charge in [-0.1, -0.05) is 77.9 Å². The second-order valence-corrected chi connectivity index (χ2v) is 6.50. The fourth-order valence-electron chi connectivity index (χ4n) is 3.79. The maximum atomic E-state index is 3.62. The van der Waals surface area contributed by atoms with Crippen LogP contribution >= 0.6 is 0 Å². The predicted molar refractivity (Wildman–Crippen MR) is 109 cm³/mol. The summed E-state index contributed by atoms with van der Waals surface area (Å²) in [6, 6.07) is 25.8. The van der Waals surface area contributed by atoms with Crippen molar-refractivity contribution in [2.24, 2.45) is 0 Å². The molecule has 1 aliphatic carbocycles. The largest absolute Gasteiger partial charge is 3.00 e. The van der Waals surface area contributed by atoms with Gasteiger partial charge in [0.05, 0.1) is 0 Å². The Morgan fingerprint density at radius 1 is 0.786 bits per heavy atom. The first-order valence-corrected chi connectivity index (χ1v) is 8.69. The van der Waals surface area contributed by atoms with E-state index in [0.29, 0.717) is 0 Å². The molecule has 4 aromatic rings. The average molecular weight is 483 g/mol. The van der Waals surface area contributed by atoms with Gasteiger partial charge in [-0.3, -0.25) is 0 Å². The van der Waals surface area contributed by atoms with E-state index < -0.39 is 0 Å². The number of fused-ring (bicyclic) bond motifs is 3. The molecule has 0 atom stereocenters. The van der Waals surface area contributed by atoms with Crippen molar-refractivity contribution >= 4 is 38.5 Å². The molecule has 4 heteroatoms. The molecule has 5 rings (SSSR count). The van der Waals surface area contributed by atoms with Crippen molar-refractivity contribution < 1.29 is 51.0 Å². The molecule has 0 fully saturated rings. The van der Waals surface area contributed by atoms with E-state index in [9.17, 15) is 0 Å². The number of rotatable bonds is 3. The number of nitrogens with one attached hydrogen (secondary N) is 1. The van der Waals surface area contributed by atoms with E-state index in [1.54, 1.807) is 0 Å². The van der Waals surface area contributed by atoms with Crippen LogP contribution in [-0.2, 0) is 26.2 Å². The van der Waals surface area contributed by atoms with Crippen LogP contribution in [0.15, 0.2) is 91.0 Å². The summed E-state index contributed by atoms with van der Waals surface area (Å²) in [7, 11) is 0. The molecule has 0 aliphatic heterocycles. The first-order valence-electron chi connectivity index (χ1n) is 8.69. The summed E-state index contributed by atoms with van der Waals surface area (Å²) >= 11 is 0. The van der Waals surface area contributed by atoms with Gasteiger partial charge in [-0.05, 0) is 18.6 Å². The van der Waals surface area contributed by atoms with Crippen LogP contribution in [0.1, 0.15) is 12.0 Å². The Bertz CT molecular complexity index is 1140. The molecule has 28 heavy (non-hydrogen) atoms. The van der Waals surface area contributed by atoms with Gasteiger partial charge in [0.2, 0.25) is 0 Å². The van der Waals surface area contributed by atoms with Crippen molar-refractivity contribution in [1.82, 2.24) is 0 Å². The summed E-state index contributed by atoms with van der Waals surface area (Å²) in [6.07, 6.45) is 7.61. The van der Waals surface area contributed by atoms with Gasteiger partial charge in [-0.25, -0.2) is 0 Å². The number of anilines is 2. The van der Waals surface area contributed by atoms with Crippen LogP contribution in [0.3, 0.4) is 0 Å². The van der Waals surface area contributed by atoms with Crippen molar-refractivity contribution in [3.05, 3.63) is 96.6 Å². The van der Waals surface area contributed by atoms with Crippen LogP contribution in [0.25, 0.3) is 27.1 Å². The Balaban J connectivity index is 0.000000934. The fraction of sp³-hybridized carbons (Fsp3) is 0.0417. The fourth-order valence-corrected chi connectivity index (χ4v) is 3.79. The van der Waals surface area contributed by atoms with E-state index in [4.69, 9.17) is 0 Å². The predicted octanol–water partition coefficient (Wildman–Crippen LogP) is 0.804. The van der Waals surface area contributed by atoms with Gasteiger partial charge in [-0.2, -0.15) is 0 Å². The Morgan fingerprint density at radius 3 is 2.29 bits per heavy atom. The molecule has 1 nitrogen and oxygen atoms in total. The number of hydrogen-bond acceptors (Lipinski definition) is 1. The van der Waals surface area contributed by atoms with E-state index in [0.717, 1.165) is 12.1 Å². The van der Waals surface area contributed by atoms with Crippen molar-refractivity contribution in [2.45, 2.75) is 6.42 Å². The quantitative estimate of drug-likeness (QED) is 0.426. The van der Waals surface area contributed by atoms with E-state index in [1.165, 1.54) is 38.4 Å². The molecule has 137 valence electrons. The zero-order valence-electron chi connectivity index (χ0n) is 15.1. The van der Waals surface area contributed by atoms with Crippen LogP contribution in [0.4, 0.5) is 11.4 Å². The van der Waals surface area contributed by atoms with Crippen molar-refractivity contribution in [3.63, 3.8) is 0 Å². The molecule has 0 amide bonds. The SMILES string of the molecule is C1=CCC(c2c(Nc3ccccc3)ccc3c2[cH-]c2ccccc23)=C1.[Cl-].[Cl-].[Zr+3]. The normalized spacial score (nSPS) is 12.1. The van der Waals surface area contributed by atoms with Crippen LogP contribution in [0.2, 0.25) is 0 Å². The summed E-state index contributed by atoms with van der Waals surface area (Å²) in [5, 5.41) is 8.92. The third-order valence-corrected chi connectivity index (χ3v) is 4.94. The monoisotopic (exact) mass is 480 g/mol. The molecule has 1 radical (unpaired) electrons. The molecular formula is C24H18Cl2NZr. The summed E-state index contributed by atoms with van der Waals surface area (Å²) in [4.78, 5) is 0. The van der Waals surface area contributed by atoms with Gasteiger partial charge in [0.1, 0.15) is 0 Å². The summed E-state index contributed by atoms with van der Waals surface area (Å²) in [5.41, 5.74) is 4.98. The van der Waals surface area contributed by atoms with Gasteiger partial charge >= 0.3 is 26.2 Å². The van der Waals surface area contributed by atoms with Gasteiger partial charge in [0.15, 0.2) is 0 Å². The molecule has 4 aromatic carbocycles. The zero-order valence-corrected chi connectivity index (χ0v) is 19.1. The van der Waals surface area contributed by atoms with E-state index in [2.05, 4.69) is 90.3 Å². The molecule has 0 aromatic heterocycles. The molecule has 0 saturated carbocycles. The number of halogens is 2. The first kappa shape index (κ1) is 22.6. The van der Waals surface area contributed by atoms with E-state index in [-0.39, 0.29) is 51.0 Å². The molecule has 0 spiro atoms. The second-order valence-electron chi connectivity index (χ2n) is 6.50. The van der Waals surface area contributed by atoms with E-state index >= 15 is 0 Å². The summed E-state index contributed by atoms with van der Waals surface area (Å²) in [5.74, 6) is 0. The minimum Gasteiger partial charge on any atom is -1.00 e. The maximum absolute atomic E-state index is 3.62. The standard InChI is InChI=1S/C24H18N.2ClH.Zr/c1-2-11-19(12-3-1)25-23-15-14-21-20-13-7-6-10-18(20)16-22(21)24(23)17-8-4-5-9-17;;;/h1-8,10-16,25H,9H2;2*1H;/q-1;;;+3/p-2. The average Bonchev–Trinajstić information content (AvgIpc) is 3.30. The number of hydrogen-bond donors (Lipinski definition) is 1. The van der Waals surface area contributed by atoms with Crippen molar-refractivity contribution in [2.75, 3.05) is 5.32 Å². The minimum atomic E-state index is 0. The molecule has 0 saturated heterocycles. The molecule has 1 N–H and O–H groups in total. The number of allylic oxidation sites excluding steroid dienone is 4. The first-order chi connectivity index (χ1) is 12.4. The Kier molecular flexibility index (Phi) is 7.78. The smallest absolute Gasteiger partial charge is 1.00 e. The minimum absolute atomic E-state index is 0. The van der Waals surface area contributed by atoms with Crippen LogP contribution in [-0.4, -0.2) is 0 Å². The van der Waals surface area contributed by atoms with Gasteiger partial charge in [0.25, 0.3) is 0 Å². The summed E-state index contributed by atoms with van der Waals surface area (Å²) < 4.78 is 0. The molecule has 1 aliphatic rings. The Hall–Kier alpha value is -1.73. The van der Waals surface area contributed by atoms with Crippen molar-refractivity contribution in [1.29, 1.82) is 0 Å². The van der Waals surface area contributed by atoms with Crippen molar-refractivity contribution in [3.8, 4) is 0 Å². The maximum Gasteiger partial charge on any atom is 3.00 e. The van der Waals surface area contributed by atoms with Crippen LogP contribution in [0, 0.1) is 0 Å². The Morgan fingerprint density at radius 2 is 1.54 bits per heavy atom. The summed E-state index contributed by atoms with van der Waals surface area (Å²) in [6.45, 7) is 0. The third kappa shape index (κ3) is 4.01. The second kappa shape index (κ2) is 9.65. The third-order valence-electron chi connectivity index (χ3n) is 4.94. The number of benzene rings is 3. The molecule has 0 bridgehead atoms. The molecule has 0 heterocycles. The number of para-hydroxylation sites is 1. The van der Waals surface area contributed by atoms with Gasteiger partial charge in [0, 0.05) is 11.4 Å². The zero-order chi connectivity index (χ0) is 16.6. The van der Waals surface area contributed by atoms with Gasteiger partial charge in [-0.15, -0.1) is 33.7 Å². The van der Waals surface area contributed by atoms with Crippen LogP contribution in [0.5, 0.6) is 0 Å². The van der Waals surface area contributed by atoms with Gasteiger partial charge < -0.3 is 30.1 Å². The van der Waals surface area contributed by atoms with E-state index in [1.807, 2.05) is 6.07 Å². The van der Waals surface area contributed by atoms with Crippen LogP contribution < -0.4 is 30.1 Å². The molecule has 0 unspecified atom stereocenters. The Labute approximate surface area is 196 Å².